The predicted molar refractivity (Wildman–Crippen MR) is 176 cm³/mol. The Hall–Kier alpha value is -5.54. The van der Waals surface area contributed by atoms with Crippen LogP contribution in [0.4, 0.5) is 17.6 Å². The van der Waals surface area contributed by atoms with Crippen molar-refractivity contribution in [2.45, 2.75) is 65.0 Å². The zero-order chi connectivity index (χ0) is 35.4. The van der Waals surface area contributed by atoms with Gasteiger partial charge in [0, 0.05) is 0 Å². The number of alkyl halides is 2. The molecule has 0 unspecified atom stereocenters. The summed E-state index contributed by atoms with van der Waals surface area (Å²) in [5.74, 6) is -0.283. The number of fused-ring (bicyclic) bond motifs is 2. The van der Waals surface area contributed by atoms with Crippen molar-refractivity contribution in [3.05, 3.63) is 123 Å². The van der Waals surface area contributed by atoms with Crippen molar-refractivity contribution in [3.8, 4) is 0 Å². The van der Waals surface area contributed by atoms with E-state index in [1.54, 1.807) is 38.1 Å². The van der Waals surface area contributed by atoms with E-state index in [9.17, 15) is 36.7 Å². The number of H-pyrrole nitrogens is 4. The maximum absolute atomic E-state index is 14.1. The Morgan fingerprint density at radius 3 is 1.36 bits per heavy atom. The van der Waals surface area contributed by atoms with E-state index in [1.165, 1.54) is 21.5 Å². The summed E-state index contributed by atoms with van der Waals surface area (Å²) in [5, 5.41) is 8.51. The summed E-state index contributed by atoms with van der Waals surface area (Å²) in [6.07, 6.45) is 3.67. The lowest BCUT2D eigenvalue weighted by atomic mass is 10.0. The van der Waals surface area contributed by atoms with E-state index < -0.39 is 35.8 Å². The Bertz CT molecular complexity index is 2330. The minimum Gasteiger partial charge on any atom is -0.291 e. The fourth-order valence-corrected chi connectivity index (χ4v) is 6.51. The highest BCUT2D eigenvalue weighted by Crippen LogP contribution is 2.45. The minimum atomic E-state index is -0.932. The second-order valence-electron chi connectivity index (χ2n) is 12.9. The van der Waals surface area contributed by atoms with Crippen LogP contribution in [0.15, 0.2) is 55.6 Å². The number of nitrogens with zero attached hydrogens (tertiary/aromatic N) is 4. The number of aryl methyl sites for hydroxylation is 2. The molecule has 2 saturated carbocycles. The summed E-state index contributed by atoms with van der Waals surface area (Å²) < 4.78 is 57.8. The molecule has 0 bridgehead atoms. The highest BCUT2D eigenvalue weighted by atomic mass is 19.1. The monoisotopic (exact) mass is 692 g/mol. The van der Waals surface area contributed by atoms with Gasteiger partial charge in [-0.25, -0.2) is 36.5 Å². The van der Waals surface area contributed by atoms with Gasteiger partial charge in [0.05, 0.1) is 12.1 Å². The fraction of sp³-hybridized carbons (Fsp3) is 0.353. The van der Waals surface area contributed by atoms with Crippen molar-refractivity contribution in [1.29, 1.82) is 0 Å². The normalized spacial score (nSPS) is 15.6. The molecule has 50 heavy (non-hydrogen) atoms. The van der Waals surface area contributed by atoms with Crippen LogP contribution in [0.2, 0.25) is 0 Å². The van der Waals surface area contributed by atoms with E-state index in [-0.39, 0.29) is 69.0 Å². The van der Waals surface area contributed by atoms with Crippen LogP contribution in [-0.4, -0.2) is 39.5 Å². The predicted octanol–water partition coefficient (Wildman–Crippen LogP) is 4.66. The van der Waals surface area contributed by atoms with E-state index >= 15 is 0 Å². The van der Waals surface area contributed by atoms with Crippen LogP contribution in [0, 0.1) is 37.3 Å². The molecule has 6 aromatic rings. The summed E-state index contributed by atoms with van der Waals surface area (Å²) in [5.41, 5.74) is -0.0547. The van der Waals surface area contributed by atoms with Crippen LogP contribution in [0.1, 0.15) is 71.4 Å². The first-order chi connectivity index (χ1) is 24.0. The first kappa shape index (κ1) is 33.0. The van der Waals surface area contributed by atoms with Crippen LogP contribution in [0.3, 0.4) is 0 Å². The van der Waals surface area contributed by atoms with Gasteiger partial charge < -0.3 is 0 Å². The Balaban J connectivity index is 0.000000157. The molecule has 0 spiro atoms. The largest absolute Gasteiger partial charge is 0.327 e. The third kappa shape index (κ3) is 5.98. The van der Waals surface area contributed by atoms with Gasteiger partial charge in [-0.3, -0.25) is 29.5 Å². The molecule has 2 fully saturated rings. The van der Waals surface area contributed by atoms with E-state index in [1.807, 2.05) is 0 Å². The number of hydrogen-bond acceptors (Lipinski definition) is 6. The zero-order valence-electron chi connectivity index (χ0n) is 26.9. The maximum atomic E-state index is 14.1. The molecule has 12 nitrogen and oxygen atoms in total. The number of rotatable bonds is 8. The van der Waals surface area contributed by atoms with Crippen LogP contribution in [0.25, 0.3) is 22.1 Å². The molecule has 16 heteroatoms. The number of halogens is 4. The third-order valence-corrected chi connectivity index (χ3v) is 9.33. The second-order valence-corrected chi connectivity index (χ2v) is 12.9. The summed E-state index contributed by atoms with van der Waals surface area (Å²) >= 11 is 0. The van der Waals surface area contributed by atoms with E-state index in [4.69, 9.17) is 0 Å². The lowest BCUT2D eigenvalue weighted by molar-refractivity contribution is 0.443. The van der Waals surface area contributed by atoms with Gasteiger partial charge in [-0.05, 0) is 85.8 Å². The number of aromatic amines is 4. The highest BCUT2D eigenvalue weighted by molar-refractivity contribution is 5.78. The SMILES string of the molecule is Cc1ccc([C@@H](C2CC2)n2nc(CF)c3c(=O)[nH]c(=O)[nH]c32)cc1F.Cc1ccc([C@H](C2CC2)n2nc(CF)c3c(=O)[nH]c(=O)[nH]c32)cc1F. The van der Waals surface area contributed by atoms with Gasteiger partial charge in [0.15, 0.2) is 0 Å². The first-order valence-electron chi connectivity index (χ1n) is 16.1. The van der Waals surface area contributed by atoms with Crippen LogP contribution in [-0.2, 0) is 13.3 Å². The molecule has 4 aromatic heterocycles. The van der Waals surface area contributed by atoms with Crippen molar-refractivity contribution >= 4 is 22.1 Å². The summed E-state index contributed by atoms with van der Waals surface area (Å²) in [6, 6.07) is 9.10. The average Bonchev–Trinajstić information content (AvgIpc) is 4.01. The van der Waals surface area contributed by atoms with Gasteiger partial charge in [-0.15, -0.1) is 0 Å². The number of aromatic nitrogens is 8. The van der Waals surface area contributed by atoms with E-state index in [0.29, 0.717) is 22.3 Å². The standard InChI is InChI=1S/2C17H16F2N4O2/c2*1-8-2-3-10(6-11(8)19)14(9-4-5-9)23-15-13(12(7-18)22-23)16(24)21-17(25)20-15/h2*2-3,6,9,14H,4-5,7H2,1H3,(H2,20,21,24,25)/t2*14-/m10/s1. The average molecular weight is 693 g/mol. The topological polar surface area (TPSA) is 167 Å². The Morgan fingerprint density at radius 1 is 0.660 bits per heavy atom. The first-order valence-corrected chi connectivity index (χ1v) is 16.1. The third-order valence-electron chi connectivity index (χ3n) is 9.33. The van der Waals surface area contributed by atoms with Crippen molar-refractivity contribution < 1.29 is 17.6 Å². The summed E-state index contributed by atoms with van der Waals surface area (Å²) in [7, 11) is 0. The van der Waals surface area contributed by atoms with Gasteiger partial charge in [0.1, 0.15) is 58.4 Å². The molecule has 2 atom stereocenters. The minimum absolute atomic E-state index is 0.0281. The van der Waals surface area contributed by atoms with Crippen LogP contribution in [0.5, 0.6) is 0 Å². The highest BCUT2D eigenvalue weighted by Gasteiger charge is 2.38. The zero-order valence-corrected chi connectivity index (χ0v) is 26.9. The lowest BCUT2D eigenvalue weighted by Crippen LogP contribution is -2.24. The molecular weight excluding hydrogens is 660 g/mol. The summed E-state index contributed by atoms with van der Waals surface area (Å²) in [4.78, 5) is 56.8. The molecule has 0 aliphatic heterocycles. The molecule has 2 aliphatic carbocycles. The van der Waals surface area contributed by atoms with Gasteiger partial charge in [0.2, 0.25) is 0 Å². The van der Waals surface area contributed by atoms with Crippen molar-refractivity contribution in [3.63, 3.8) is 0 Å². The van der Waals surface area contributed by atoms with Crippen molar-refractivity contribution in [2.75, 3.05) is 0 Å². The molecule has 2 aromatic carbocycles. The van der Waals surface area contributed by atoms with Gasteiger partial charge in [0.25, 0.3) is 11.1 Å². The number of nitrogens with one attached hydrogen (secondary N) is 4. The van der Waals surface area contributed by atoms with Crippen molar-refractivity contribution in [1.82, 2.24) is 39.5 Å². The Morgan fingerprint density at radius 2 is 1.04 bits per heavy atom. The molecule has 4 N–H and O–H groups in total. The Kier molecular flexibility index (Phi) is 8.40. The smallest absolute Gasteiger partial charge is 0.291 e. The molecule has 0 saturated heterocycles. The van der Waals surface area contributed by atoms with Crippen LogP contribution >= 0.6 is 0 Å². The van der Waals surface area contributed by atoms with E-state index in [0.717, 1.165) is 25.7 Å². The molecular formula is C34H32F4N8O4. The van der Waals surface area contributed by atoms with Gasteiger partial charge in [-0.1, -0.05) is 24.3 Å². The molecule has 0 radical (unpaired) electrons. The van der Waals surface area contributed by atoms with Gasteiger partial charge in [-0.2, -0.15) is 10.2 Å². The quantitative estimate of drug-likeness (QED) is 0.169. The maximum Gasteiger partial charge on any atom is 0.327 e. The Labute approximate surface area is 279 Å². The fourth-order valence-electron chi connectivity index (χ4n) is 6.51. The summed E-state index contributed by atoms with van der Waals surface area (Å²) in [6.45, 7) is 1.48. The molecule has 0 amide bonds. The van der Waals surface area contributed by atoms with Crippen molar-refractivity contribution in [2.24, 2.45) is 11.8 Å². The van der Waals surface area contributed by atoms with Gasteiger partial charge >= 0.3 is 11.4 Å². The molecule has 4 heterocycles. The van der Waals surface area contributed by atoms with Crippen LogP contribution < -0.4 is 22.5 Å². The molecule has 8 rings (SSSR count). The number of hydrogen-bond donors (Lipinski definition) is 4. The number of benzene rings is 2. The van der Waals surface area contributed by atoms with E-state index in [2.05, 4.69) is 30.1 Å². The lowest BCUT2D eigenvalue weighted by Gasteiger charge is -2.19. The molecule has 2 aliphatic rings. The molecule has 260 valence electrons. The second kappa shape index (κ2) is 12.7.